The minimum Gasteiger partial charge on any atom is -0.400 e. The standard InChI is InChI=1S/C14H17N3O5S2/c18-4-1-5-23-11-10(15-24-16-11)9-7-17-6-8(9)2-3-14(17)21-12(19)13(20)22-14/h8-9,18H,1-7H2. The van der Waals surface area contributed by atoms with Crippen molar-refractivity contribution in [3.63, 3.8) is 0 Å². The Hall–Kier alpha value is -1.23. The summed E-state index contributed by atoms with van der Waals surface area (Å²) >= 11 is 2.81. The first kappa shape index (κ1) is 16.2. The van der Waals surface area contributed by atoms with Crippen LogP contribution in [0.4, 0.5) is 0 Å². The monoisotopic (exact) mass is 371 g/mol. The molecule has 4 rings (SSSR count). The molecule has 0 aliphatic carbocycles. The lowest BCUT2D eigenvalue weighted by atomic mass is 9.88. The summed E-state index contributed by atoms with van der Waals surface area (Å²) in [7, 11) is 0. The molecule has 1 N–H and O–H groups in total. The van der Waals surface area contributed by atoms with Crippen LogP contribution in [0.5, 0.6) is 0 Å². The molecular weight excluding hydrogens is 354 g/mol. The number of hydrogen-bond donors (Lipinski definition) is 1. The summed E-state index contributed by atoms with van der Waals surface area (Å²) in [5.41, 5.74) is 0.975. The Balaban J connectivity index is 1.51. The Bertz CT molecular complexity index is 651. The predicted molar refractivity (Wildman–Crippen MR) is 84.3 cm³/mol. The molecule has 4 heterocycles. The third-order valence-corrected chi connectivity index (χ3v) is 6.52. The fourth-order valence-electron chi connectivity index (χ4n) is 3.65. The number of carbonyl (C=O) groups is 2. The van der Waals surface area contributed by atoms with Crippen LogP contribution in [0.3, 0.4) is 0 Å². The average Bonchev–Trinajstić information content (AvgIpc) is 3.22. The summed E-state index contributed by atoms with van der Waals surface area (Å²) < 4.78 is 19.4. The number of ether oxygens (including phenoxy) is 2. The van der Waals surface area contributed by atoms with E-state index in [-0.39, 0.29) is 12.5 Å². The number of piperidine rings is 1. The fraction of sp³-hybridized carbons (Fsp3) is 0.714. The molecule has 3 fully saturated rings. The van der Waals surface area contributed by atoms with Crippen molar-refractivity contribution in [3.8, 4) is 0 Å². The molecule has 0 aromatic carbocycles. The van der Waals surface area contributed by atoms with E-state index < -0.39 is 17.8 Å². The van der Waals surface area contributed by atoms with Crippen molar-refractivity contribution in [2.24, 2.45) is 5.92 Å². The van der Waals surface area contributed by atoms with Gasteiger partial charge in [-0.1, -0.05) is 0 Å². The van der Waals surface area contributed by atoms with E-state index in [9.17, 15) is 9.59 Å². The van der Waals surface area contributed by atoms with E-state index in [0.29, 0.717) is 25.4 Å². The zero-order valence-electron chi connectivity index (χ0n) is 12.8. The van der Waals surface area contributed by atoms with Gasteiger partial charge in [-0.05, 0) is 18.8 Å². The summed E-state index contributed by atoms with van der Waals surface area (Å²) in [6.07, 6.45) is 2.02. The molecule has 3 aliphatic heterocycles. The minimum absolute atomic E-state index is 0.166. The number of nitrogens with zero attached hydrogens (tertiary/aromatic N) is 3. The molecule has 3 atom stereocenters. The van der Waals surface area contributed by atoms with Gasteiger partial charge in [0.25, 0.3) is 0 Å². The van der Waals surface area contributed by atoms with E-state index in [0.717, 1.165) is 29.3 Å². The number of aromatic nitrogens is 2. The number of hydrogen-bond acceptors (Lipinski definition) is 10. The van der Waals surface area contributed by atoms with Gasteiger partial charge in [-0.15, -0.1) is 11.8 Å². The second-order valence-corrected chi connectivity index (χ2v) is 7.79. The smallest absolute Gasteiger partial charge is 0.400 e. The van der Waals surface area contributed by atoms with Gasteiger partial charge in [0, 0.05) is 37.8 Å². The van der Waals surface area contributed by atoms with Gasteiger partial charge in [-0.3, -0.25) is 0 Å². The fourth-order valence-corrected chi connectivity index (χ4v) is 5.35. The van der Waals surface area contributed by atoms with Gasteiger partial charge in [0.05, 0.1) is 17.4 Å². The van der Waals surface area contributed by atoms with Crippen molar-refractivity contribution < 1.29 is 24.2 Å². The maximum atomic E-state index is 11.5. The topological polar surface area (TPSA) is 102 Å². The predicted octanol–water partition coefficient (Wildman–Crippen LogP) is 0.576. The zero-order valence-corrected chi connectivity index (χ0v) is 14.5. The number of rotatable bonds is 5. The van der Waals surface area contributed by atoms with Gasteiger partial charge < -0.3 is 14.6 Å². The van der Waals surface area contributed by atoms with E-state index in [1.807, 2.05) is 4.90 Å². The molecule has 24 heavy (non-hydrogen) atoms. The number of aliphatic hydroxyl groups excluding tert-OH is 1. The van der Waals surface area contributed by atoms with Gasteiger partial charge in [-0.25, -0.2) is 14.5 Å². The third-order valence-electron chi connectivity index (χ3n) is 4.80. The van der Waals surface area contributed by atoms with Gasteiger partial charge in [0.2, 0.25) is 0 Å². The van der Waals surface area contributed by atoms with Crippen molar-refractivity contribution in [2.45, 2.75) is 36.1 Å². The van der Waals surface area contributed by atoms with Gasteiger partial charge in [-0.2, -0.15) is 8.75 Å². The molecule has 0 saturated carbocycles. The van der Waals surface area contributed by atoms with Crippen molar-refractivity contribution in [1.82, 2.24) is 13.6 Å². The van der Waals surface area contributed by atoms with Gasteiger partial charge >= 0.3 is 17.8 Å². The average molecular weight is 371 g/mol. The molecule has 1 aromatic rings. The lowest BCUT2D eigenvalue weighted by Gasteiger charge is -2.37. The molecule has 0 amide bonds. The summed E-state index contributed by atoms with van der Waals surface area (Å²) in [6, 6.07) is 0. The van der Waals surface area contributed by atoms with E-state index in [1.165, 1.54) is 11.7 Å². The van der Waals surface area contributed by atoms with Crippen LogP contribution in [0.1, 0.15) is 30.9 Å². The lowest BCUT2D eigenvalue weighted by Crippen LogP contribution is -2.51. The van der Waals surface area contributed by atoms with Crippen molar-refractivity contribution in [3.05, 3.63) is 5.69 Å². The molecule has 3 aliphatic rings. The van der Waals surface area contributed by atoms with E-state index in [4.69, 9.17) is 14.6 Å². The second-order valence-electron chi connectivity index (χ2n) is 6.18. The summed E-state index contributed by atoms with van der Waals surface area (Å²) in [6.45, 7) is 1.51. The van der Waals surface area contributed by atoms with Crippen LogP contribution in [0.2, 0.25) is 0 Å². The molecular formula is C14H17N3O5S2. The van der Waals surface area contributed by atoms with Crippen LogP contribution >= 0.6 is 23.5 Å². The number of aliphatic hydroxyl groups is 1. The van der Waals surface area contributed by atoms with Gasteiger partial charge in [0.1, 0.15) is 5.03 Å². The Morgan fingerprint density at radius 1 is 1.29 bits per heavy atom. The Morgan fingerprint density at radius 3 is 2.83 bits per heavy atom. The summed E-state index contributed by atoms with van der Waals surface area (Å²) in [5, 5.41) is 9.84. The molecule has 10 heteroatoms. The van der Waals surface area contributed by atoms with Gasteiger partial charge in [0.15, 0.2) is 0 Å². The highest BCUT2D eigenvalue weighted by atomic mass is 32.2. The first-order valence-electron chi connectivity index (χ1n) is 7.90. The van der Waals surface area contributed by atoms with Crippen LogP contribution in [-0.2, 0) is 19.1 Å². The zero-order chi connectivity index (χ0) is 16.7. The third kappa shape index (κ3) is 2.61. The van der Waals surface area contributed by atoms with Crippen LogP contribution < -0.4 is 0 Å². The largest absolute Gasteiger partial charge is 0.421 e. The molecule has 1 aromatic heterocycles. The summed E-state index contributed by atoms with van der Waals surface area (Å²) in [5.74, 6) is -1.66. The minimum atomic E-state index is -1.22. The number of thioether (sulfide) groups is 1. The molecule has 0 radical (unpaired) electrons. The van der Waals surface area contributed by atoms with Crippen LogP contribution in [0.25, 0.3) is 0 Å². The van der Waals surface area contributed by atoms with Crippen molar-refractivity contribution in [1.29, 1.82) is 0 Å². The molecule has 2 bridgehead atoms. The molecule has 3 saturated heterocycles. The maximum absolute atomic E-state index is 11.5. The molecule has 130 valence electrons. The lowest BCUT2D eigenvalue weighted by molar-refractivity contribution is -0.257. The Kier molecular flexibility index (Phi) is 4.23. The highest BCUT2D eigenvalue weighted by Crippen LogP contribution is 2.48. The Morgan fingerprint density at radius 2 is 2.08 bits per heavy atom. The van der Waals surface area contributed by atoms with E-state index in [1.54, 1.807) is 11.8 Å². The van der Waals surface area contributed by atoms with Crippen LogP contribution in [0.15, 0.2) is 5.03 Å². The van der Waals surface area contributed by atoms with Crippen LogP contribution in [-0.4, -0.2) is 62.1 Å². The highest BCUT2D eigenvalue weighted by Gasteiger charge is 2.59. The van der Waals surface area contributed by atoms with E-state index in [2.05, 4.69) is 8.75 Å². The highest BCUT2D eigenvalue weighted by molar-refractivity contribution is 7.99. The Labute approximate surface area is 146 Å². The van der Waals surface area contributed by atoms with E-state index >= 15 is 0 Å². The quantitative estimate of drug-likeness (QED) is 0.344. The number of fused-ring (bicyclic) bond motifs is 3. The van der Waals surface area contributed by atoms with Crippen LogP contribution in [0, 0.1) is 5.92 Å². The normalized spacial score (nSPS) is 30.6. The molecule has 8 nitrogen and oxygen atoms in total. The number of carbonyl (C=O) groups excluding carboxylic acids is 2. The summed E-state index contributed by atoms with van der Waals surface area (Å²) in [4.78, 5) is 24.9. The second kappa shape index (κ2) is 6.25. The SMILES string of the molecule is O=C1OC2(CCC3CN2CC3c2nsnc2SCCCO)OC1=O. The van der Waals surface area contributed by atoms with Crippen molar-refractivity contribution >= 4 is 35.4 Å². The van der Waals surface area contributed by atoms with Crippen molar-refractivity contribution in [2.75, 3.05) is 25.4 Å². The molecule has 1 spiro atoms. The number of esters is 2. The first-order valence-corrected chi connectivity index (χ1v) is 9.62. The maximum Gasteiger partial charge on any atom is 0.421 e. The molecule has 3 unspecified atom stereocenters. The first-order chi connectivity index (χ1) is 11.6.